The van der Waals surface area contributed by atoms with Gasteiger partial charge in [0.2, 0.25) is 5.91 Å². The second kappa shape index (κ2) is 9.65. The van der Waals surface area contributed by atoms with Crippen molar-refractivity contribution in [2.24, 2.45) is 0 Å². The van der Waals surface area contributed by atoms with Gasteiger partial charge in [-0.05, 0) is 43.7 Å². The number of pyridine rings is 1. The van der Waals surface area contributed by atoms with Crippen LogP contribution < -0.4 is 20.4 Å². The highest BCUT2D eigenvalue weighted by molar-refractivity contribution is 7.80. The maximum Gasteiger partial charge on any atom is 0.414 e. The van der Waals surface area contributed by atoms with Crippen molar-refractivity contribution in [2.45, 2.75) is 25.0 Å². The van der Waals surface area contributed by atoms with Crippen molar-refractivity contribution in [1.82, 2.24) is 20.5 Å². The molecule has 0 radical (unpaired) electrons. The molecule has 3 fully saturated rings. The standard InChI is InChI=1S/C20H28N6O4S/c1-29-19(31)23-12-15-13-26(20(28)30-15)14-4-5-17(22-11-14)24-7-9-25(10-8-24)18(27)16-3-2-6-21-16/h4-5,11,15-16,21H,2-3,6-10,12-13H2,1H3,(H,23,31)/t15-,16?/m0/s1. The zero-order valence-electron chi connectivity index (χ0n) is 17.6. The Morgan fingerprint density at radius 3 is 2.81 bits per heavy atom. The molecule has 168 valence electrons. The van der Waals surface area contributed by atoms with Gasteiger partial charge in [0.25, 0.3) is 5.17 Å². The molecule has 0 aromatic carbocycles. The quantitative estimate of drug-likeness (QED) is 0.617. The van der Waals surface area contributed by atoms with Crippen LogP contribution in [0.1, 0.15) is 12.8 Å². The van der Waals surface area contributed by atoms with Gasteiger partial charge in [0.15, 0.2) is 0 Å². The molecule has 0 aliphatic carbocycles. The number of anilines is 2. The van der Waals surface area contributed by atoms with Gasteiger partial charge < -0.3 is 29.9 Å². The van der Waals surface area contributed by atoms with Crippen LogP contribution in [-0.4, -0.2) is 92.1 Å². The number of methoxy groups -OCH3 is 1. The van der Waals surface area contributed by atoms with Crippen molar-refractivity contribution in [3.8, 4) is 0 Å². The molecule has 0 spiro atoms. The third-order valence-corrected chi connectivity index (χ3v) is 6.16. The third-order valence-electron chi connectivity index (χ3n) is 5.85. The summed E-state index contributed by atoms with van der Waals surface area (Å²) in [6.07, 6.45) is 2.95. The number of carbonyl (C=O) groups excluding carboxylic acids is 2. The minimum absolute atomic E-state index is 0.0201. The van der Waals surface area contributed by atoms with Crippen LogP contribution in [0.25, 0.3) is 0 Å². The fourth-order valence-electron chi connectivity index (χ4n) is 4.10. The number of hydrogen-bond donors (Lipinski definition) is 2. The Labute approximate surface area is 186 Å². The van der Waals surface area contributed by atoms with Crippen LogP contribution in [0.5, 0.6) is 0 Å². The van der Waals surface area contributed by atoms with Gasteiger partial charge in [-0.3, -0.25) is 9.69 Å². The molecule has 4 rings (SSSR count). The number of nitrogens with zero attached hydrogens (tertiary/aromatic N) is 4. The Morgan fingerprint density at radius 2 is 2.16 bits per heavy atom. The lowest BCUT2D eigenvalue weighted by atomic mass is 10.2. The second-order valence-corrected chi connectivity index (χ2v) is 8.20. The average Bonchev–Trinajstić information content (AvgIpc) is 3.47. The van der Waals surface area contributed by atoms with E-state index in [1.807, 2.05) is 17.0 Å². The summed E-state index contributed by atoms with van der Waals surface area (Å²) in [5.41, 5.74) is 0.687. The molecule has 3 saturated heterocycles. The van der Waals surface area contributed by atoms with E-state index >= 15 is 0 Å². The van der Waals surface area contributed by atoms with Crippen LogP contribution in [0.2, 0.25) is 0 Å². The maximum absolute atomic E-state index is 12.6. The van der Waals surface area contributed by atoms with E-state index in [1.54, 1.807) is 11.1 Å². The van der Waals surface area contributed by atoms with Gasteiger partial charge in [0.05, 0.1) is 38.1 Å². The van der Waals surface area contributed by atoms with E-state index in [9.17, 15) is 9.59 Å². The zero-order valence-corrected chi connectivity index (χ0v) is 18.4. The molecule has 0 saturated carbocycles. The number of carbonyl (C=O) groups is 2. The molecule has 2 atom stereocenters. The highest BCUT2D eigenvalue weighted by Gasteiger charge is 2.33. The van der Waals surface area contributed by atoms with Gasteiger partial charge in [-0.15, -0.1) is 0 Å². The molecule has 11 heteroatoms. The first-order valence-electron chi connectivity index (χ1n) is 10.6. The lowest BCUT2D eigenvalue weighted by molar-refractivity contribution is -0.133. The predicted molar refractivity (Wildman–Crippen MR) is 119 cm³/mol. The fourth-order valence-corrected chi connectivity index (χ4v) is 4.19. The monoisotopic (exact) mass is 448 g/mol. The van der Waals surface area contributed by atoms with Gasteiger partial charge in [0.1, 0.15) is 11.9 Å². The Kier molecular flexibility index (Phi) is 6.71. The van der Waals surface area contributed by atoms with Crippen molar-refractivity contribution in [3.05, 3.63) is 18.3 Å². The highest BCUT2D eigenvalue weighted by Crippen LogP contribution is 2.23. The Morgan fingerprint density at radius 1 is 1.35 bits per heavy atom. The fraction of sp³-hybridized carbons (Fsp3) is 0.600. The number of aromatic nitrogens is 1. The smallest absolute Gasteiger partial charge is 0.414 e. The largest absolute Gasteiger partial charge is 0.474 e. The van der Waals surface area contributed by atoms with Crippen molar-refractivity contribution in [2.75, 3.05) is 62.7 Å². The molecule has 3 aliphatic rings. The number of cyclic esters (lactones) is 1. The molecule has 2 amide bonds. The van der Waals surface area contributed by atoms with E-state index in [-0.39, 0.29) is 23.2 Å². The van der Waals surface area contributed by atoms with E-state index in [0.29, 0.717) is 31.9 Å². The van der Waals surface area contributed by atoms with Gasteiger partial charge in [-0.25, -0.2) is 9.78 Å². The van der Waals surface area contributed by atoms with Crippen molar-refractivity contribution < 1.29 is 19.1 Å². The number of hydrogen-bond acceptors (Lipinski definition) is 8. The second-order valence-electron chi connectivity index (χ2n) is 7.82. The Balaban J connectivity index is 1.29. The number of amides is 2. The maximum atomic E-state index is 12.6. The topological polar surface area (TPSA) is 99.3 Å². The van der Waals surface area contributed by atoms with Gasteiger partial charge in [-0.1, -0.05) is 0 Å². The first-order chi connectivity index (χ1) is 15.0. The van der Waals surface area contributed by atoms with Crippen LogP contribution in [-0.2, 0) is 14.3 Å². The summed E-state index contributed by atoms with van der Waals surface area (Å²) in [6.45, 7) is 4.59. The molecule has 4 heterocycles. The minimum atomic E-state index is -0.405. The van der Waals surface area contributed by atoms with Crippen LogP contribution in [0.3, 0.4) is 0 Å². The van der Waals surface area contributed by atoms with E-state index < -0.39 is 6.09 Å². The number of thiocarbonyl (C=S) groups is 1. The lowest BCUT2D eigenvalue weighted by Crippen LogP contribution is -2.53. The first kappa shape index (κ1) is 21.6. The van der Waals surface area contributed by atoms with Crippen LogP contribution in [0, 0.1) is 0 Å². The molecule has 31 heavy (non-hydrogen) atoms. The molecule has 3 aliphatic heterocycles. The predicted octanol–water partition coefficient (Wildman–Crippen LogP) is 0.328. The van der Waals surface area contributed by atoms with Crippen molar-refractivity contribution >= 4 is 40.9 Å². The van der Waals surface area contributed by atoms with Crippen molar-refractivity contribution in [3.63, 3.8) is 0 Å². The number of piperazine rings is 1. The summed E-state index contributed by atoms with van der Waals surface area (Å²) in [5.74, 6) is 1.05. The first-order valence-corrected chi connectivity index (χ1v) is 11.0. The third kappa shape index (κ3) is 4.99. The van der Waals surface area contributed by atoms with Crippen LogP contribution in [0.4, 0.5) is 16.3 Å². The van der Waals surface area contributed by atoms with Gasteiger partial charge >= 0.3 is 6.09 Å². The molecule has 2 N–H and O–H groups in total. The molecule has 10 nitrogen and oxygen atoms in total. The van der Waals surface area contributed by atoms with E-state index in [1.165, 1.54) is 7.11 Å². The summed E-state index contributed by atoms with van der Waals surface area (Å²) < 4.78 is 10.3. The summed E-state index contributed by atoms with van der Waals surface area (Å²) >= 11 is 4.94. The molecule has 0 bridgehead atoms. The Hall–Kier alpha value is -2.66. The van der Waals surface area contributed by atoms with E-state index in [4.69, 9.17) is 21.7 Å². The van der Waals surface area contributed by atoms with Crippen LogP contribution >= 0.6 is 12.2 Å². The normalized spacial score (nSPS) is 23.6. The molecular formula is C20H28N6O4S. The van der Waals surface area contributed by atoms with Gasteiger partial charge in [-0.2, -0.15) is 0 Å². The molecule has 1 unspecified atom stereocenters. The summed E-state index contributed by atoms with van der Waals surface area (Å²) in [4.78, 5) is 35.0. The number of ether oxygens (including phenoxy) is 2. The number of rotatable bonds is 5. The van der Waals surface area contributed by atoms with Crippen molar-refractivity contribution in [1.29, 1.82) is 0 Å². The molecule has 1 aromatic rings. The summed E-state index contributed by atoms with van der Waals surface area (Å²) in [5, 5.41) is 6.44. The summed E-state index contributed by atoms with van der Waals surface area (Å²) in [7, 11) is 1.49. The Bertz CT molecular complexity index is 808. The summed E-state index contributed by atoms with van der Waals surface area (Å²) in [6, 6.07) is 3.76. The minimum Gasteiger partial charge on any atom is -0.474 e. The molecular weight excluding hydrogens is 420 g/mol. The number of nitrogens with one attached hydrogen (secondary N) is 2. The highest BCUT2D eigenvalue weighted by atomic mass is 32.1. The van der Waals surface area contributed by atoms with Crippen LogP contribution in [0.15, 0.2) is 18.3 Å². The zero-order chi connectivity index (χ0) is 21.8. The SMILES string of the molecule is COC(=S)NC[C@H]1CN(c2ccc(N3CCN(C(=O)C4CCCN4)CC3)nc2)C(=O)O1. The molecule has 1 aromatic heterocycles. The van der Waals surface area contributed by atoms with E-state index in [0.717, 1.165) is 38.3 Å². The lowest BCUT2D eigenvalue weighted by Gasteiger charge is -2.36. The van der Waals surface area contributed by atoms with E-state index in [2.05, 4.69) is 20.5 Å². The average molecular weight is 449 g/mol. The van der Waals surface area contributed by atoms with Gasteiger partial charge in [0, 0.05) is 26.2 Å².